The van der Waals surface area contributed by atoms with Gasteiger partial charge in [-0.15, -0.1) is 11.3 Å². The molecule has 0 bridgehead atoms. The van der Waals surface area contributed by atoms with Crippen molar-refractivity contribution in [2.24, 2.45) is 0 Å². The second-order valence-corrected chi connectivity index (χ2v) is 5.00. The Morgan fingerprint density at radius 3 is 2.88 bits per heavy atom. The van der Waals surface area contributed by atoms with Gasteiger partial charge in [0, 0.05) is 21.8 Å². The number of rotatable bonds is 3. The fourth-order valence-corrected chi connectivity index (χ4v) is 2.34. The molecule has 84 valence electrons. The van der Waals surface area contributed by atoms with Gasteiger partial charge in [-0.3, -0.25) is 0 Å². The lowest BCUT2D eigenvalue weighted by Crippen LogP contribution is -2.00. The molecular weight excluding hydrogens is 240 g/mol. The number of hydrogen-bond acceptors (Lipinski definition) is 3. The van der Waals surface area contributed by atoms with Gasteiger partial charge in [0.25, 0.3) is 0 Å². The molecule has 0 spiro atoms. The Labute approximate surface area is 104 Å². The number of thiazole rings is 1. The lowest BCUT2D eigenvalue weighted by Gasteiger charge is -2.08. The van der Waals surface area contributed by atoms with Crippen molar-refractivity contribution in [3.63, 3.8) is 0 Å². The van der Waals surface area contributed by atoms with E-state index in [-0.39, 0.29) is 0 Å². The first-order valence-electron chi connectivity index (χ1n) is 5.07. The van der Waals surface area contributed by atoms with E-state index in [1.54, 1.807) is 11.3 Å². The lowest BCUT2D eigenvalue weighted by atomic mass is 10.2. The molecule has 1 heterocycles. The van der Waals surface area contributed by atoms with Crippen molar-refractivity contribution in [1.29, 1.82) is 0 Å². The van der Waals surface area contributed by atoms with Gasteiger partial charge >= 0.3 is 0 Å². The van der Waals surface area contributed by atoms with Gasteiger partial charge in [0.2, 0.25) is 0 Å². The predicted octanol–water partition coefficient (Wildman–Crippen LogP) is 4.03. The molecule has 0 amide bonds. The van der Waals surface area contributed by atoms with Crippen LogP contribution in [0.1, 0.15) is 16.3 Å². The number of halogens is 1. The number of aromatic nitrogens is 1. The molecule has 0 saturated carbocycles. The zero-order valence-corrected chi connectivity index (χ0v) is 10.8. The van der Waals surface area contributed by atoms with Gasteiger partial charge in [-0.25, -0.2) is 4.98 Å². The zero-order valence-electron chi connectivity index (χ0n) is 9.25. The number of hydrogen-bond donors (Lipinski definition) is 1. The Hall–Kier alpha value is -1.06. The molecule has 2 aromatic rings. The summed E-state index contributed by atoms with van der Waals surface area (Å²) < 4.78 is 0. The molecule has 0 unspecified atom stereocenters. The third-order valence-electron chi connectivity index (χ3n) is 2.36. The van der Waals surface area contributed by atoms with Gasteiger partial charge in [-0.1, -0.05) is 17.7 Å². The third kappa shape index (κ3) is 2.54. The standard InChI is InChI=1S/C12H13ClN2S/c1-8-7-16-12(15-8)6-14-11-5-3-4-10(13)9(11)2/h3-5,7,14H,6H2,1-2H3. The quantitative estimate of drug-likeness (QED) is 0.892. The fraction of sp³-hybridized carbons (Fsp3) is 0.250. The molecule has 1 aromatic heterocycles. The molecule has 0 atom stereocenters. The minimum Gasteiger partial charge on any atom is -0.378 e. The SMILES string of the molecule is Cc1csc(CNc2cccc(Cl)c2C)n1. The van der Waals surface area contributed by atoms with Gasteiger partial charge < -0.3 is 5.32 Å². The van der Waals surface area contributed by atoms with E-state index in [2.05, 4.69) is 15.7 Å². The molecule has 0 radical (unpaired) electrons. The lowest BCUT2D eigenvalue weighted by molar-refractivity contribution is 1.07. The minimum atomic E-state index is 0.750. The molecule has 1 aromatic carbocycles. The van der Waals surface area contributed by atoms with Crippen molar-refractivity contribution >= 4 is 28.6 Å². The summed E-state index contributed by atoms with van der Waals surface area (Å²) in [4.78, 5) is 4.40. The van der Waals surface area contributed by atoms with E-state index >= 15 is 0 Å². The summed E-state index contributed by atoms with van der Waals surface area (Å²) in [5.74, 6) is 0. The fourth-order valence-electron chi connectivity index (χ4n) is 1.45. The van der Waals surface area contributed by atoms with Crippen LogP contribution in [0.25, 0.3) is 0 Å². The number of anilines is 1. The van der Waals surface area contributed by atoms with Crippen molar-refractivity contribution in [3.8, 4) is 0 Å². The van der Waals surface area contributed by atoms with Crippen LogP contribution in [-0.2, 0) is 6.54 Å². The van der Waals surface area contributed by atoms with Gasteiger partial charge in [0.1, 0.15) is 5.01 Å². The second-order valence-electron chi connectivity index (χ2n) is 3.65. The van der Waals surface area contributed by atoms with E-state index in [0.717, 1.165) is 33.5 Å². The Bertz CT molecular complexity index is 494. The monoisotopic (exact) mass is 252 g/mol. The van der Waals surface area contributed by atoms with E-state index < -0.39 is 0 Å². The molecule has 0 aliphatic rings. The smallest absolute Gasteiger partial charge is 0.112 e. The molecule has 0 aliphatic carbocycles. The van der Waals surface area contributed by atoms with Crippen LogP contribution in [-0.4, -0.2) is 4.98 Å². The highest BCUT2D eigenvalue weighted by molar-refractivity contribution is 7.09. The Morgan fingerprint density at radius 1 is 1.38 bits per heavy atom. The average molecular weight is 253 g/mol. The first kappa shape index (κ1) is 11.4. The molecule has 1 N–H and O–H groups in total. The molecule has 0 aliphatic heterocycles. The van der Waals surface area contributed by atoms with Crippen LogP contribution in [0.5, 0.6) is 0 Å². The van der Waals surface area contributed by atoms with Crippen LogP contribution in [0.15, 0.2) is 23.6 Å². The van der Waals surface area contributed by atoms with Crippen LogP contribution in [0.4, 0.5) is 5.69 Å². The van der Waals surface area contributed by atoms with Crippen molar-refractivity contribution < 1.29 is 0 Å². The third-order valence-corrected chi connectivity index (χ3v) is 3.74. The molecule has 2 nitrogen and oxygen atoms in total. The molecule has 0 fully saturated rings. The summed E-state index contributed by atoms with van der Waals surface area (Å²) >= 11 is 7.72. The maximum absolute atomic E-state index is 6.05. The average Bonchev–Trinajstić information content (AvgIpc) is 2.67. The van der Waals surface area contributed by atoms with Crippen LogP contribution >= 0.6 is 22.9 Å². The van der Waals surface area contributed by atoms with Crippen molar-refractivity contribution in [3.05, 3.63) is 44.9 Å². The summed E-state index contributed by atoms with van der Waals surface area (Å²) in [5.41, 5.74) is 3.22. The van der Waals surface area contributed by atoms with Gasteiger partial charge in [-0.05, 0) is 31.5 Å². The topological polar surface area (TPSA) is 24.9 Å². The summed E-state index contributed by atoms with van der Waals surface area (Å²) in [6.07, 6.45) is 0. The number of nitrogens with one attached hydrogen (secondary N) is 1. The Kier molecular flexibility index (Phi) is 3.46. The van der Waals surface area contributed by atoms with Gasteiger partial charge in [0.05, 0.1) is 6.54 Å². The summed E-state index contributed by atoms with van der Waals surface area (Å²) in [6.45, 7) is 4.77. The summed E-state index contributed by atoms with van der Waals surface area (Å²) in [5, 5.41) is 7.29. The van der Waals surface area contributed by atoms with Gasteiger partial charge in [0.15, 0.2) is 0 Å². The minimum absolute atomic E-state index is 0.750. The van der Waals surface area contributed by atoms with E-state index in [1.807, 2.05) is 32.0 Å². The van der Waals surface area contributed by atoms with E-state index in [9.17, 15) is 0 Å². The maximum atomic E-state index is 6.05. The van der Waals surface area contributed by atoms with E-state index in [0.29, 0.717) is 0 Å². The van der Waals surface area contributed by atoms with Crippen molar-refractivity contribution in [2.75, 3.05) is 5.32 Å². The highest BCUT2D eigenvalue weighted by Gasteiger charge is 2.03. The van der Waals surface area contributed by atoms with Crippen molar-refractivity contribution in [1.82, 2.24) is 4.98 Å². The Morgan fingerprint density at radius 2 is 2.19 bits per heavy atom. The second kappa shape index (κ2) is 4.85. The molecule has 16 heavy (non-hydrogen) atoms. The molecular formula is C12H13ClN2S. The zero-order chi connectivity index (χ0) is 11.5. The highest BCUT2D eigenvalue weighted by atomic mass is 35.5. The normalized spacial score (nSPS) is 10.4. The first-order chi connectivity index (χ1) is 7.66. The van der Waals surface area contributed by atoms with Crippen LogP contribution in [0.2, 0.25) is 5.02 Å². The van der Waals surface area contributed by atoms with Crippen LogP contribution in [0.3, 0.4) is 0 Å². The molecule has 4 heteroatoms. The van der Waals surface area contributed by atoms with E-state index in [4.69, 9.17) is 11.6 Å². The van der Waals surface area contributed by atoms with Crippen molar-refractivity contribution in [2.45, 2.75) is 20.4 Å². The molecule has 0 saturated heterocycles. The van der Waals surface area contributed by atoms with Crippen LogP contribution in [0, 0.1) is 13.8 Å². The van der Waals surface area contributed by atoms with Gasteiger partial charge in [-0.2, -0.15) is 0 Å². The maximum Gasteiger partial charge on any atom is 0.112 e. The highest BCUT2D eigenvalue weighted by Crippen LogP contribution is 2.23. The number of nitrogens with zero attached hydrogens (tertiary/aromatic N) is 1. The van der Waals surface area contributed by atoms with Crippen LogP contribution < -0.4 is 5.32 Å². The number of benzene rings is 1. The predicted molar refractivity (Wildman–Crippen MR) is 70.4 cm³/mol. The number of aryl methyl sites for hydroxylation is 1. The summed E-state index contributed by atoms with van der Waals surface area (Å²) in [7, 11) is 0. The Balaban J connectivity index is 2.07. The molecule has 2 rings (SSSR count). The first-order valence-corrected chi connectivity index (χ1v) is 6.32. The van der Waals surface area contributed by atoms with E-state index in [1.165, 1.54) is 0 Å². The summed E-state index contributed by atoms with van der Waals surface area (Å²) in [6, 6.07) is 5.88. The largest absolute Gasteiger partial charge is 0.378 e.